The van der Waals surface area contributed by atoms with Gasteiger partial charge in [-0.15, -0.1) is 0 Å². The van der Waals surface area contributed by atoms with Crippen molar-refractivity contribution in [1.29, 1.82) is 5.26 Å². The fourth-order valence-corrected chi connectivity index (χ4v) is 3.42. The number of carbonyl (C=O) groups excluding carboxylic acids is 1. The molecule has 6 nitrogen and oxygen atoms in total. The van der Waals surface area contributed by atoms with E-state index in [2.05, 4.69) is 9.88 Å². The van der Waals surface area contributed by atoms with Gasteiger partial charge in [0.25, 0.3) is 5.91 Å². The van der Waals surface area contributed by atoms with Gasteiger partial charge in [-0.2, -0.15) is 18.4 Å². The largest absolute Gasteiger partial charge is 0.419 e. The standard InChI is InChI=1S/C16H18F3N5O/c1-9(2)23-4-5-24-12(8-23)15(25)22(3)13-10(6-20)11(16(17,18)19)7-21-14(13)24/h7,9,12H,4-5,8H2,1-3H3/t12-/m0/s1. The molecule has 0 unspecified atom stereocenters. The van der Waals surface area contributed by atoms with Gasteiger partial charge >= 0.3 is 6.18 Å². The van der Waals surface area contributed by atoms with Crippen molar-refractivity contribution in [1.82, 2.24) is 9.88 Å². The second kappa shape index (κ2) is 5.88. The maximum atomic E-state index is 13.2. The highest BCUT2D eigenvalue weighted by molar-refractivity contribution is 6.06. The van der Waals surface area contributed by atoms with Crippen LogP contribution >= 0.6 is 0 Å². The number of likely N-dealkylation sites (N-methyl/N-ethyl adjacent to an activating group) is 1. The molecule has 0 bridgehead atoms. The Morgan fingerprint density at radius 1 is 1.36 bits per heavy atom. The van der Waals surface area contributed by atoms with E-state index in [1.807, 2.05) is 13.8 Å². The zero-order valence-electron chi connectivity index (χ0n) is 14.1. The minimum absolute atomic E-state index is 0.0587. The number of aromatic nitrogens is 1. The molecule has 0 saturated carbocycles. The molecule has 0 N–H and O–H groups in total. The average Bonchev–Trinajstić information content (AvgIpc) is 2.56. The quantitative estimate of drug-likeness (QED) is 0.771. The van der Waals surface area contributed by atoms with Gasteiger partial charge in [0.15, 0.2) is 5.82 Å². The third kappa shape index (κ3) is 2.70. The second-order valence-electron chi connectivity index (χ2n) is 6.52. The summed E-state index contributed by atoms with van der Waals surface area (Å²) in [5, 5.41) is 9.31. The fraction of sp³-hybridized carbons (Fsp3) is 0.562. The lowest BCUT2D eigenvalue weighted by molar-refractivity contribution is -0.138. The number of hydrogen-bond donors (Lipinski definition) is 0. The number of pyridine rings is 1. The highest BCUT2D eigenvalue weighted by Crippen LogP contribution is 2.42. The number of alkyl halides is 3. The van der Waals surface area contributed by atoms with Crippen LogP contribution in [0.1, 0.15) is 25.0 Å². The molecular formula is C16H18F3N5O. The molecule has 134 valence electrons. The van der Waals surface area contributed by atoms with Gasteiger partial charge in [-0.1, -0.05) is 0 Å². The zero-order valence-corrected chi connectivity index (χ0v) is 14.1. The summed E-state index contributed by atoms with van der Waals surface area (Å²) in [7, 11) is 1.40. The predicted octanol–water partition coefficient (Wildman–Crippen LogP) is 1.85. The van der Waals surface area contributed by atoms with Crippen molar-refractivity contribution in [3.05, 3.63) is 17.3 Å². The Hall–Kier alpha value is -2.34. The molecule has 3 heterocycles. The van der Waals surface area contributed by atoms with Crippen LogP contribution in [0, 0.1) is 11.3 Å². The molecule has 1 aromatic rings. The summed E-state index contributed by atoms with van der Waals surface area (Å²) in [6.07, 6.45) is -4.02. The SMILES string of the molecule is CC(C)N1CCN2c3ncc(C(F)(F)F)c(C#N)c3N(C)C(=O)[C@@H]2C1. The first kappa shape index (κ1) is 17.5. The van der Waals surface area contributed by atoms with E-state index in [4.69, 9.17) is 0 Å². The molecule has 0 aromatic carbocycles. The molecule has 1 atom stereocenters. The highest BCUT2D eigenvalue weighted by Gasteiger charge is 2.45. The van der Waals surface area contributed by atoms with Gasteiger partial charge < -0.3 is 9.80 Å². The van der Waals surface area contributed by atoms with E-state index in [1.54, 1.807) is 11.0 Å². The van der Waals surface area contributed by atoms with Crippen molar-refractivity contribution in [2.24, 2.45) is 0 Å². The van der Waals surface area contributed by atoms with Gasteiger partial charge in [-0.05, 0) is 13.8 Å². The Labute approximate surface area is 143 Å². The molecule has 1 fully saturated rings. The zero-order chi connectivity index (χ0) is 18.5. The van der Waals surface area contributed by atoms with E-state index in [0.29, 0.717) is 25.8 Å². The molecule has 25 heavy (non-hydrogen) atoms. The lowest BCUT2D eigenvalue weighted by Gasteiger charge is -2.47. The van der Waals surface area contributed by atoms with Gasteiger partial charge in [-0.3, -0.25) is 9.69 Å². The fourth-order valence-electron chi connectivity index (χ4n) is 3.42. The normalized spacial score (nSPS) is 21.2. The lowest BCUT2D eigenvalue weighted by atomic mass is 10.0. The maximum absolute atomic E-state index is 13.2. The molecule has 1 aromatic heterocycles. The molecule has 3 rings (SSSR count). The topological polar surface area (TPSA) is 63.5 Å². The summed E-state index contributed by atoms with van der Waals surface area (Å²) < 4.78 is 39.6. The van der Waals surface area contributed by atoms with Crippen LogP contribution in [0.4, 0.5) is 24.7 Å². The third-order valence-electron chi connectivity index (χ3n) is 4.82. The molecule has 9 heteroatoms. The maximum Gasteiger partial charge on any atom is 0.419 e. The van der Waals surface area contributed by atoms with Gasteiger partial charge in [0.05, 0.1) is 11.1 Å². The second-order valence-corrected chi connectivity index (χ2v) is 6.52. The van der Waals surface area contributed by atoms with Crippen LogP contribution in [0.15, 0.2) is 6.20 Å². The predicted molar refractivity (Wildman–Crippen MR) is 85.2 cm³/mol. The first-order valence-corrected chi connectivity index (χ1v) is 7.95. The van der Waals surface area contributed by atoms with E-state index in [0.717, 1.165) is 4.90 Å². The van der Waals surface area contributed by atoms with E-state index in [-0.39, 0.29) is 23.5 Å². The Kier molecular flexibility index (Phi) is 4.11. The number of nitriles is 1. The van der Waals surface area contributed by atoms with E-state index >= 15 is 0 Å². The number of amides is 1. The van der Waals surface area contributed by atoms with Gasteiger partial charge in [0, 0.05) is 38.9 Å². The van der Waals surface area contributed by atoms with Gasteiger partial charge in [0.1, 0.15) is 17.8 Å². The number of rotatable bonds is 1. The van der Waals surface area contributed by atoms with Crippen molar-refractivity contribution >= 4 is 17.4 Å². The van der Waals surface area contributed by atoms with Crippen molar-refractivity contribution < 1.29 is 18.0 Å². The molecule has 1 amide bonds. The van der Waals surface area contributed by atoms with Crippen molar-refractivity contribution in [3.8, 4) is 6.07 Å². The minimum atomic E-state index is -4.70. The van der Waals surface area contributed by atoms with E-state index in [1.165, 1.54) is 7.05 Å². The molecule has 0 radical (unpaired) electrons. The first-order chi connectivity index (χ1) is 11.7. The summed E-state index contributed by atoms with van der Waals surface area (Å²) in [6, 6.07) is 1.36. The van der Waals surface area contributed by atoms with Crippen LogP contribution in [-0.4, -0.2) is 54.6 Å². The van der Waals surface area contributed by atoms with E-state index in [9.17, 15) is 23.2 Å². The Balaban J connectivity index is 2.12. The molecule has 2 aliphatic heterocycles. The summed E-state index contributed by atoms with van der Waals surface area (Å²) >= 11 is 0. The number of anilines is 2. The number of halogens is 3. The number of fused-ring (bicyclic) bond motifs is 3. The van der Waals surface area contributed by atoms with Gasteiger partial charge in [-0.25, -0.2) is 4.98 Å². The molecule has 0 spiro atoms. The monoisotopic (exact) mass is 353 g/mol. The van der Waals surface area contributed by atoms with Crippen molar-refractivity contribution in [2.75, 3.05) is 36.5 Å². The van der Waals surface area contributed by atoms with Crippen LogP contribution in [0.5, 0.6) is 0 Å². The summed E-state index contributed by atoms with van der Waals surface area (Å²) in [5.74, 6) is -0.0597. The Morgan fingerprint density at radius 3 is 2.60 bits per heavy atom. The molecule has 1 saturated heterocycles. The lowest BCUT2D eigenvalue weighted by Crippen LogP contribution is -2.63. The first-order valence-electron chi connectivity index (χ1n) is 7.95. The minimum Gasteiger partial charge on any atom is -0.340 e. The average molecular weight is 353 g/mol. The van der Waals surface area contributed by atoms with Crippen molar-refractivity contribution in [3.63, 3.8) is 0 Å². The van der Waals surface area contributed by atoms with E-state index < -0.39 is 23.3 Å². The highest BCUT2D eigenvalue weighted by atomic mass is 19.4. The molecule has 2 aliphatic rings. The number of carbonyl (C=O) groups is 1. The smallest absolute Gasteiger partial charge is 0.340 e. The Bertz CT molecular complexity index is 755. The van der Waals surface area contributed by atoms with Crippen LogP contribution < -0.4 is 9.80 Å². The summed E-state index contributed by atoms with van der Waals surface area (Å²) in [4.78, 5) is 21.7. The summed E-state index contributed by atoms with van der Waals surface area (Å²) in [5.41, 5.74) is -1.73. The summed E-state index contributed by atoms with van der Waals surface area (Å²) in [6.45, 7) is 5.68. The molecular weight excluding hydrogens is 335 g/mol. The van der Waals surface area contributed by atoms with Gasteiger partial charge in [0.2, 0.25) is 0 Å². The number of hydrogen-bond acceptors (Lipinski definition) is 5. The van der Waals surface area contributed by atoms with Crippen LogP contribution in [0.2, 0.25) is 0 Å². The van der Waals surface area contributed by atoms with Crippen molar-refractivity contribution in [2.45, 2.75) is 32.1 Å². The number of piperazine rings is 1. The Morgan fingerprint density at radius 2 is 2.04 bits per heavy atom. The number of nitrogens with zero attached hydrogens (tertiary/aromatic N) is 5. The third-order valence-corrected chi connectivity index (χ3v) is 4.82. The van der Waals surface area contributed by atoms with Crippen LogP contribution in [0.25, 0.3) is 0 Å². The van der Waals surface area contributed by atoms with Crippen LogP contribution in [0.3, 0.4) is 0 Å². The molecule has 0 aliphatic carbocycles. The van der Waals surface area contributed by atoms with Crippen LogP contribution in [-0.2, 0) is 11.0 Å².